The molecule has 0 spiro atoms. The van der Waals surface area contributed by atoms with E-state index in [1.54, 1.807) is 0 Å². The highest BCUT2D eigenvalue weighted by molar-refractivity contribution is 6.35. The van der Waals surface area contributed by atoms with Gasteiger partial charge in [-0.05, 0) is 31.0 Å². The first-order valence-electron chi connectivity index (χ1n) is 7.01. The number of amides is 2. The van der Waals surface area contributed by atoms with Crippen LogP contribution in [0.1, 0.15) is 23.2 Å². The van der Waals surface area contributed by atoms with E-state index < -0.39 is 18.5 Å². The Bertz CT molecular complexity index is 612. The van der Waals surface area contributed by atoms with Crippen molar-refractivity contribution in [3.8, 4) is 0 Å². The number of esters is 1. The Morgan fingerprint density at radius 3 is 2.39 bits per heavy atom. The van der Waals surface area contributed by atoms with Crippen molar-refractivity contribution in [2.45, 2.75) is 18.9 Å². The van der Waals surface area contributed by atoms with Gasteiger partial charge in [0.2, 0.25) is 5.91 Å². The number of rotatable bonds is 6. The lowest BCUT2D eigenvalue weighted by Crippen LogP contribution is -2.40. The van der Waals surface area contributed by atoms with Crippen molar-refractivity contribution in [2.75, 3.05) is 20.2 Å². The zero-order valence-electron chi connectivity index (χ0n) is 12.5. The van der Waals surface area contributed by atoms with Gasteiger partial charge in [0, 0.05) is 23.1 Å². The standard InChI is InChI=1S/C15H16Cl2N2O4/c1-19(7-13(20)18-12-2-3-12)14(21)8-23-15(22)9-4-10(16)6-11(17)5-9/h4-6,12H,2-3,7-8H2,1H3,(H,18,20). The third kappa shape index (κ3) is 5.73. The monoisotopic (exact) mass is 358 g/mol. The largest absolute Gasteiger partial charge is 0.452 e. The summed E-state index contributed by atoms with van der Waals surface area (Å²) in [6.45, 7) is -0.536. The number of hydrogen-bond acceptors (Lipinski definition) is 4. The Labute approximate surface area is 143 Å². The number of halogens is 2. The fourth-order valence-electron chi connectivity index (χ4n) is 1.80. The van der Waals surface area contributed by atoms with Gasteiger partial charge in [-0.1, -0.05) is 23.2 Å². The minimum absolute atomic E-state index is 0.0735. The molecule has 0 aromatic heterocycles. The van der Waals surface area contributed by atoms with Gasteiger partial charge in [0.05, 0.1) is 12.1 Å². The summed E-state index contributed by atoms with van der Waals surface area (Å²) in [6.07, 6.45) is 1.95. The molecule has 1 aromatic rings. The van der Waals surface area contributed by atoms with E-state index in [9.17, 15) is 14.4 Å². The molecule has 0 atom stereocenters. The summed E-state index contributed by atoms with van der Waals surface area (Å²) in [5.41, 5.74) is 0.157. The minimum Gasteiger partial charge on any atom is -0.452 e. The highest BCUT2D eigenvalue weighted by atomic mass is 35.5. The van der Waals surface area contributed by atoms with Gasteiger partial charge in [0.15, 0.2) is 6.61 Å². The molecule has 0 heterocycles. The molecule has 0 unspecified atom stereocenters. The van der Waals surface area contributed by atoms with Crippen LogP contribution in [0.2, 0.25) is 10.0 Å². The van der Waals surface area contributed by atoms with Crippen LogP contribution in [0.5, 0.6) is 0 Å². The summed E-state index contributed by atoms with van der Waals surface area (Å²) < 4.78 is 4.92. The summed E-state index contributed by atoms with van der Waals surface area (Å²) in [7, 11) is 1.47. The lowest BCUT2D eigenvalue weighted by molar-refractivity contribution is -0.137. The predicted octanol–water partition coefficient (Wildman–Crippen LogP) is 1.89. The molecule has 1 aliphatic carbocycles. The maximum atomic E-state index is 11.9. The van der Waals surface area contributed by atoms with Gasteiger partial charge in [-0.2, -0.15) is 0 Å². The summed E-state index contributed by atoms with van der Waals surface area (Å²) in [5, 5.41) is 3.36. The van der Waals surface area contributed by atoms with Crippen molar-refractivity contribution >= 4 is 41.0 Å². The molecule has 0 bridgehead atoms. The van der Waals surface area contributed by atoms with Crippen molar-refractivity contribution < 1.29 is 19.1 Å². The van der Waals surface area contributed by atoms with E-state index in [0.29, 0.717) is 10.0 Å². The molecule has 1 aromatic carbocycles. The first-order chi connectivity index (χ1) is 10.8. The van der Waals surface area contributed by atoms with Gasteiger partial charge in [-0.25, -0.2) is 4.79 Å². The molecular formula is C15H16Cl2N2O4. The normalized spacial score (nSPS) is 13.3. The summed E-state index contributed by atoms with van der Waals surface area (Å²) in [4.78, 5) is 36.5. The van der Waals surface area contributed by atoms with Crippen LogP contribution in [-0.4, -0.2) is 48.9 Å². The number of ether oxygens (including phenoxy) is 1. The molecule has 8 heteroatoms. The van der Waals surface area contributed by atoms with Crippen LogP contribution < -0.4 is 5.32 Å². The van der Waals surface area contributed by atoms with Gasteiger partial charge in [-0.15, -0.1) is 0 Å². The average molecular weight is 359 g/mol. The number of carbonyl (C=O) groups is 3. The zero-order chi connectivity index (χ0) is 17.0. The molecule has 0 saturated heterocycles. The van der Waals surface area contributed by atoms with Crippen LogP contribution in [0, 0.1) is 0 Å². The number of nitrogens with one attached hydrogen (secondary N) is 1. The van der Waals surface area contributed by atoms with Crippen LogP contribution in [-0.2, 0) is 14.3 Å². The summed E-state index contributed by atoms with van der Waals surface area (Å²) >= 11 is 11.6. The average Bonchev–Trinajstić information content (AvgIpc) is 3.26. The Balaban J connectivity index is 1.80. The number of nitrogens with zero attached hydrogens (tertiary/aromatic N) is 1. The summed E-state index contributed by atoms with van der Waals surface area (Å²) in [5.74, 6) is -1.41. The molecule has 23 heavy (non-hydrogen) atoms. The molecule has 0 radical (unpaired) electrons. The molecule has 1 saturated carbocycles. The van der Waals surface area contributed by atoms with Gasteiger partial charge in [0.1, 0.15) is 0 Å². The smallest absolute Gasteiger partial charge is 0.338 e. The van der Waals surface area contributed by atoms with Gasteiger partial charge in [-0.3, -0.25) is 9.59 Å². The molecule has 2 rings (SSSR count). The second-order valence-corrected chi connectivity index (χ2v) is 6.20. The van der Waals surface area contributed by atoms with Crippen molar-refractivity contribution in [1.82, 2.24) is 10.2 Å². The van der Waals surface area contributed by atoms with E-state index in [2.05, 4.69) is 5.32 Å². The molecule has 1 fully saturated rings. The highest BCUT2D eigenvalue weighted by Gasteiger charge is 2.24. The Hall–Kier alpha value is -1.79. The summed E-state index contributed by atoms with van der Waals surface area (Å²) in [6, 6.07) is 4.51. The molecular weight excluding hydrogens is 343 g/mol. The molecule has 1 N–H and O–H groups in total. The molecule has 2 amide bonds. The van der Waals surface area contributed by atoms with Crippen molar-refractivity contribution in [1.29, 1.82) is 0 Å². The minimum atomic E-state index is -0.710. The first kappa shape index (κ1) is 17.6. The van der Waals surface area contributed by atoms with E-state index in [4.69, 9.17) is 27.9 Å². The number of likely N-dealkylation sites (N-methyl/N-ethyl adjacent to an activating group) is 1. The van der Waals surface area contributed by atoms with Gasteiger partial charge < -0.3 is 15.0 Å². The Kier molecular flexibility index (Phi) is 5.85. The maximum absolute atomic E-state index is 11.9. The fourth-order valence-corrected chi connectivity index (χ4v) is 2.32. The van der Waals surface area contributed by atoms with E-state index in [1.165, 1.54) is 30.1 Å². The van der Waals surface area contributed by atoms with E-state index in [1.807, 2.05) is 0 Å². The van der Waals surface area contributed by atoms with E-state index >= 15 is 0 Å². The van der Waals surface area contributed by atoms with Crippen molar-refractivity contribution in [2.24, 2.45) is 0 Å². The molecule has 1 aliphatic rings. The van der Waals surface area contributed by atoms with Crippen molar-refractivity contribution in [3.63, 3.8) is 0 Å². The number of carbonyl (C=O) groups excluding carboxylic acids is 3. The second kappa shape index (κ2) is 7.66. The van der Waals surface area contributed by atoms with Crippen LogP contribution in [0.25, 0.3) is 0 Å². The fraction of sp³-hybridized carbons (Fsp3) is 0.400. The quantitative estimate of drug-likeness (QED) is 0.787. The van der Waals surface area contributed by atoms with E-state index in [0.717, 1.165) is 12.8 Å². The molecule has 0 aliphatic heterocycles. The topological polar surface area (TPSA) is 75.7 Å². The van der Waals surface area contributed by atoms with Crippen molar-refractivity contribution in [3.05, 3.63) is 33.8 Å². The predicted molar refractivity (Wildman–Crippen MR) is 85.5 cm³/mol. The lowest BCUT2D eigenvalue weighted by Gasteiger charge is -2.16. The third-order valence-electron chi connectivity index (χ3n) is 3.17. The second-order valence-electron chi connectivity index (χ2n) is 5.33. The SMILES string of the molecule is CN(CC(=O)NC1CC1)C(=O)COC(=O)c1cc(Cl)cc(Cl)c1. The van der Waals surface area contributed by atoms with Gasteiger partial charge in [0.25, 0.3) is 5.91 Å². The van der Waals surface area contributed by atoms with Crippen LogP contribution in [0.15, 0.2) is 18.2 Å². The van der Waals surface area contributed by atoms with Crippen LogP contribution >= 0.6 is 23.2 Å². The Morgan fingerprint density at radius 1 is 1.22 bits per heavy atom. The van der Waals surface area contributed by atoms with Crippen LogP contribution in [0.3, 0.4) is 0 Å². The molecule has 124 valence electrons. The van der Waals surface area contributed by atoms with Gasteiger partial charge >= 0.3 is 5.97 Å². The zero-order valence-corrected chi connectivity index (χ0v) is 14.0. The Morgan fingerprint density at radius 2 is 1.83 bits per heavy atom. The van der Waals surface area contributed by atoms with E-state index in [-0.39, 0.29) is 24.1 Å². The third-order valence-corrected chi connectivity index (χ3v) is 3.61. The first-order valence-corrected chi connectivity index (χ1v) is 7.77. The number of hydrogen-bond donors (Lipinski definition) is 1. The highest BCUT2D eigenvalue weighted by Crippen LogP contribution is 2.20. The maximum Gasteiger partial charge on any atom is 0.338 e. The number of benzene rings is 1. The molecule has 6 nitrogen and oxygen atoms in total. The lowest BCUT2D eigenvalue weighted by atomic mass is 10.2. The van der Waals surface area contributed by atoms with Crippen LogP contribution in [0.4, 0.5) is 0 Å².